The summed E-state index contributed by atoms with van der Waals surface area (Å²) < 4.78 is 2.65. The lowest BCUT2D eigenvalue weighted by molar-refractivity contribution is 0.332. The molecule has 1 aromatic heterocycles. The predicted molar refractivity (Wildman–Crippen MR) is 270 cm³/mol. The molecule has 8 aromatic rings. The maximum Gasteiger partial charge on any atom is 0.197 e. The molecule has 63 heavy (non-hydrogen) atoms. The SMILES string of the molecule is CC(C)(C)c1ccc(Nc2cc3c(cc2-c2ccc4c5cc6c(cc5n5c4c2[B]c2cc4c(cc2-5)C(C)(C)c2ccccc2-4)C(C)(C)c2ccccc2-6)C(C)(C)CCC3(C)C)cc1. The Bertz CT molecular complexity index is 3310. The number of anilines is 2. The molecule has 0 atom stereocenters. The van der Waals surface area contributed by atoms with Gasteiger partial charge in [0.1, 0.15) is 0 Å². The number of benzene rings is 7. The highest BCUT2D eigenvalue weighted by Crippen LogP contribution is 2.54. The van der Waals surface area contributed by atoms with Crippen LogP contribution in [0.5, 0.6) is 0 Å². The first kappa shape index (κ1) is 38.8. The molecule has 2 heterocycles. The van der Waals surface area contributed by atoms with Crippen LogP contribution in [0.1, 0.15) is 128 Å². The lowest BCUT2D eigenvalue weighted by Gasteiger charge is -2.42. The van der Waals surface area contributed by atoms with E-state index < -0.39 is 0 Å². The van der Waals surface area contributed by atoms with E-state index in [9.17, 15) is 0 Å². The Hall–Kier alpha value is -5.80. The Morgan fingerprint density at radius 1 is 0.508 bits per heavy atom. The molecule has 12 rings (SSSR count). The summed E-state index contributed by atoms with van der Waals surface area (Å²) in [5.74, 6) is 0. The van der Waals surface area contributed by atoms with E-state index in [1.165, 1.54) is 129 Å². The van der Waals surface area contributed by atoms with Crippen molar-refractivity contribution in [3.05, 3.63) is 160 Å². The maximum absolute atomic E-state index is 4.02. The Morgan fingerprint density at radius 2 is 1.10 bits per heavy atom. The first-order valence-corrected chi connectivity index (χ1v) is 23.3. The van der Waals surface area contributed by atoms with E-state index >= 15 is 0 Å². The topological polar surface area (TPSA) is 17.0 Å². The van der Waals surface area contributed by atoms with Gasteiger partial charge in [0.15, 0.2) is 7.28 Å². The largest absolute Gasteiger partial charge is 0.355 e. The van der Waals surface area contributed by atoms with E-state index in [2.05, 4.69) is 215 Å². The van der Waals surface area contributed by atoms with Crippen molar-refractivity contribution in [1.82, 2.24) is 4.57 Å². The summed E-state index contributed by atoms with van der Waals surface area (Å²) in [4.78, 5) is 0. The molecule has 0 unspecified atom stereocenters. The van der Waals surface area contributed by atoms with E-state index in [4.69, 9.17) is 0 Å². The number of hydrogen-bond donors (Lipinski definition) is 1. The lowest BCUT2D eigenvalue weighted by atomic mass is 9.58. The van der Waals surface area contributed by atoms with Crippen LogP contribution in [0.4, 0.5) is 11.4 Å². The summed E-state index contributed by atoms with van der Waals surface area (Å²) in [5, 5.41) is 6.65. The minimum atomic E-state index is -0.106. The number of hydrogen-bond acceptors (Lipinski definition) is 1. The van der Waals surface area contributed by atoms with E-state index in [0.29, 0.717) is 0 Å². The van der Waals surface area contributed by atoms with Crippen LogP contribution in [-0.4, -0.2) is 11.8 Å². The zero-order valence-corrected chi connectivity index (χ0v) is 39.0. The van der Waals surface area contributed by atoms with Gasteiger partial charge in [-0.1, -0.05) is 160 Å². The zero-order valence-electron chi connectivity index (χ0n) is 39.0. The van der Waals surface area contributed by atoms with E-state index in [1.54, 1.807) is 0 Å². The second-order valence-electron chi connectivity index (χ2n) is 22.8. The third-order valence-electron chi connectivity index (χ3n) is 16.3. The number of aromatic nitrogens is 1. The summed E-state index contributed by atoms with van der Waals surface area (Å²) >= 11 is 0. The molecule has 1 N–H and O–H groups in total. The Labute approximate surface area is 375 Å². The van der Waals surface area contributed by atoms with Gasteiger partial charge in [-0.3, -0.25) is 0 Å². The summed E-state index contributed by atoms with van der Waals surface area (Å²) in [6.45, 7) is 26.3. The number of rotatable bonds is 3. The molecule has 1 aliphatic heterocycles. The minimum Gasteiger partial charge on any atom is -0.355 e. The van der Waals surface area contributed by atoms with Gasteiger partial charge >= 0.3 is 0 Å². The van der Waals surface area contributed by atoms with Crippen LogP contribution in [0.3, 0.4) is 0 Å². The summed E-state index contributed by atoms with van der Waals surface area (Å²) in [5.41, 5.74) is 26.6. The highest BCUT2D eigenvalue weighted by atomic mass is 15.0. The monoisotopic (exact) mass is 817 g/mol. The van der Waals surface area contributed by atoms with Gasteiger partial charge in [0.2, 0.25) is 0 Å². The fourth-order valence-corrected chi connectivity index (χ4v) is 12.3. The Balaban J connectivity index is 1.16. The zero-order chi connectivity index (χ0) is 43.7. The van der Waals surface area contributed by atoms with Gasteiger partial charge in [-0.25, -0.2) is 0 Å². The molecule has 4 aliphatic rings. The van der Waals surface area contributed by atoms with Crippen molar-refractivity contribution in [1.29, 1.82) is 0 Å². The first-order chi connectivity index (χ1) is 29.8. The molecule has 1 radical (unpaired) electrons. The molecule has 0 fully saturated rings. The smallest absolute Gasteiger partial charge is 0.197 e. The third-order valence-corrected chi connectivity index (χ3v) is 16.3. The molecule has 311 valence electrons. The molecule has 0 spiro atoms. The summed E-state index contributed by atoms with van der Waals surface area (Å²) in [6, 6.07) is 47.3. The number of nitrogens with one attached hydrogen (secondary N) is 1. The van der Waals surface area contributed by atoms with Gasteiger partial charge in [0.25, 0.3) is 0 Å². The third kappa shape index (κ3) is 5.32. The molecule has 0 saturated carbocycles. The Morgan fingerprint density at radius 3 is 1.73 bits per heavy atom. The Kier molecular flexibility index (Phi) is 7.69. The second-order valence-corrected chi connectivity index (χ2v) is 22.8. The minimum absolute atomic E-state index is 0.0590. The van der Waals surface area contributed by atoms with Crippen molar-refractivity contribution in [2.75, 3.05) is 5.32 Å². The van der Waals surface area contributed by atoms with Gasteiger partial charge in [0, 0.05) is 49.7 Å². The van der Waals surface area contributed by atoms with Crippen molar-refractivity contribution < 1.29 is 0 Å². The number of nitrogens with zero attached hydrogens (tertiary/aromatic N) is 1. The fourth-order valence-electron chi connectivity index (χ4n) is 12.3. The summed E-state index contributed by atoms with van der Waals surface area (Å²) in [7, 11) is 2.53. The molecule has 3 aliphatic carbocycles. The highest BCUT2D eigenvalue weighted by molar-refractivity contribution is 6.73. The highest BCUT2D eigenvalue weighted by Gasteiger charge is 2.41. The molecule has 7 aromatic carbocycles. The van der Waals surface area contributed by atoms with Crippen LogP contribution < -0.4 is 16.2 Å². The van der Waals surface area contributed by atoms with E-state index in [1.807, 2.05) is 0 Å². The average Bonchev–Trinajstić information content (AvgIpc) is 3.78. The fraction of sp³-hybridized carbons (Fsp3) is 0.300. The normalized spacial score (nSPS) is 17.6. The predicted octanol–water partition coefficient (Wildman–Crippen LogP) is 14.4. The molecular weight excluding hydrogens is 759 g/mol. The second kappa shape index (κ2) is 12.5. The molecule has 3 heteroatoms. The quantitative estimate of drug-likeness (QED) is 0.176. The molecule has 0 bridgehead atoms. The van der Waals surface area contributed by atoms with Gasteiger partial charge in [-0.05, 0) is 144 Å². The summed E-state index contributed by atoms with van der Waals surface area (Å²) in [6.07, 6.45) is 2.34. The van der Waals surface area contributed by atoms with E-state index in [0.717, 1.165) is 5.69 Å². The van der Waals surface area contributed by atoms with Crippen molar-refractivity contribution in [2.45, 2.75) is 116 Å². The first-order valence-electron chi connectivity index (χ1n) is 23.3. The van der Waals surface area contributed by atoms with Crippen LogP contribution in [-0.2, 0) is 27.1 Å². The van der Waals surface area contributed by atoms with Crippen LogP contribution in [0.15, 0.2) is 121 Å². The van der Waals surface area contributed by atoms with Crippen LogP contribution in [0.2, 0.25) is 0 Å². The van der Waals surface area contributed by atoms with Crippen molar-refractivity contribution >= 4 is 51.4 Å². The molecule has 2 nitrogen and oxygen atoms in total. The molecule has 0 saturated heterocycles. The van der Waals surface area contributed by atoms with E-state index in [-0.39, 0.29) is 27.1 Å². The van der Waals surface area contributed by atoms with Crippen molar-refractivity contribution in [2.24, 2.45) is 0 Å². The van der Waals surface area contributed by atoms with Crippen molar-refractivity contribution in [3.8, 4) is 39.1 Å². The standard InChI is InChI=1S/C60H58BN2/c1-56(2,3)34-20-22-35(23-21-34)62-51-31-49-48(57(4,5)26-27-58(49,6)7)29-42(51)38-24-25-39-43-28-40-36-16-12-14-18-44(36)59(8,9)46(40)32-52(43)63-53-33-47-41(30-50(53)61-54(38)55(39)63)37-17-13-15-19-45(37)60(47,10)11/h12-25,28-33,62H,26-27H2,1-11H3. The van der Waals surface area contributed by atoms with Crippen LogP contribution in [0, 0.1) is 0 Å². The molecular formula is C60H58BN2. The lowest BCUT2D eigenvalue weighted by Crippen LogP contribution is -2.38. The van der Waals surface area contributed by atoms with Crippen LogP contribution >= 0.6 is 0 Å². The van der Waals surface area contributed by atoms with Gasteiger partial charge in [0.05, 0.1) is 5.52 Å². The average molecular weight is 818 g/mol. The number of fused-ring (bicyclic) bond motifs is 12. The van der Waals surface area contributed by atoms with Gasteiger partial charge < -0.3 is 9.88 Å². The molecule has 0 amide bonds. The van der Waals surface area contributed by atoms with Crippen LogP contribution in [0.25, 0.3) is 60.9 Å². The van der Waals surface area contributed by atoms with Crippen molar-refractivity contribution in [3.63, 3.8) is 0 Å². The van der Waals surface area contributed by atoms with Gasteiger partial charge in [-0.15, -0.1) is 0 Å². The maximum atomic E-state index is 4.02. The van der Waals surface area contributed by atoms with Gasteiger partial charge in [-0.2, -0.15) is 0 Å².